The SMILES string of the molecule is N#C[C@H]1CCC[C@H]1NC(=O)c1ccc2[nH]c(=S)oc2c1. The Morgan fingerprint density at radius 1 is 1.50 bits per heavy atom. The Morgan fingerprint density at radius 2 is 2.35 bits per heavy atom. The summed E-state index contributed by atoms with van der Waals surface area (Å²) in [7, 11) is 0. The average molecular weight is 287 g/mol. The van der Waals surface area contributed by atoms with E-state index < -0.39 is 0 Å². The molecule has 1 aromatic carbocycles. The zero-order chi connectivity index (χ0) is 14.1. The fraction of sp³-hybridized carbons (Fsp3) is 0.357. The minimum Gasteiger partial charge on any atom is -0.429 e. The van der Waals surface area contributed by atoms with Gasteiger partial charge < -0.3 is 14.7 Å². The summed E-state index contributed by atoms with van der Waals surface area (Å²) in [5.41, 5.74) is 1.84. The third-order valence-electron chi connectivity index (χ3n) is 3.68. The van der Waals surface area contributed by atoms with Crippen LogP contribution in [0, 0.1) is 22.1 Å². The fourth-order valence-electron chi connectivity index (χ4n) is 2.63. The lowest BCUT2D eigenvalue weighted by Gasteiger charge is -2.15. The van der Waals surface area contributed by atoms with E-state index in [1.165, 1.54) is 0 Å². The van der Waals surface area contributed by atoms with Gasteiger partial charge in [-0.15, -0.1) is 0 Å². The van der Waals surface area contributed by atoms with Crippen molar-refractivity contribution in [3.8, 4) is 6.07 Å². The fourth-order valence-corrected chi connectivity index (χ4v) is 2.83. The first-order chi connectivity index (χ1) is 9.67. The molecule has 2 atom stereocenters. The van der Waals surface area contributed by atoms with Gasteiger partial charge >= 0.3 is 0 Å². The molecule has 6 heteroatoms. The smallest absolute Gasteiger partial charge is 0.266 e. The Hall–Kier alpha value is -2.13. The molecule has 0 radical (unpaired) electrons. The molecular formula is C14H13N3O2S. The Balaban J connectivity index is 1.81. The predicted molar refractivity (Wildman–Crippen MR) is 75.6 cm³/mol. The number of aromatic amines is 1. The Labute approximate surface area is 120 Å². The number of nitrogens with one attached hydrogen (secondary N) is 2. The van der Waals surface area contributed by atoms with Gasteiger partial charge in [-0.2, -0.15) is 5.26 Å². The van der Waals surface area contributed by atoms with Crippen LogP contribution in [0.5, 0.6) is 0 Å². The van der Waals surface area contributed by atoms with Crippen LogP contribution in [-0.4, -0.2) is 16.9 Å². The third kappa shape index (κ3) is 2.32. The maximum absolute atomic E-state index is 12.2. The molecule has 0 unspecified atom stereocenters. The van der Waals surface area contributed by atoms with Gasteiger partial charge in [-0.3, -0.25) is 4.79 Å². The second-order valence-corrected chi connectivity index (χ2v) is 5.34. The van der Waals surface area contributed by atoms with Crippen molar-refractivity contribution < 1.29 is 9.21 Å². The monoisotopic (exact) mass is 287 g/mol. The Kier molecular flexibility index (Phi) is 3.28. The van der Waals surface area contributed by atoms with Crippen LogP contribution < -0.4 is 5.32 Å². The molecule has 1 amide bonds. The number of benzene rings is 1. The van der Waals surface area contributed by atoms with Crippen LogP contribution in [0.25, 0.3) is 11.1 Å². The van der Waals surface area contributed by atoms with Gasteiger partial charge in [-0.1, -0.05) is 0 Å². The molecule has 5 nitrogen and oxygen atoms in total. The number of hydrogen-bond acceptors (Lipinski definition) is 4. The van der Waals surface area contributed by atoms with Crippen molar-refractivity contribution in [1.82, 2.24) is 10.3 Å². The largest absolute Gasteiger partial charge is 0.429 e. The summed E-state index contributed by atoms with van der Waals surface area (Å²) in [6.45, 7) is 0. The summed E-state index contributed by atoms with van der Waals surface area (Å²) >= 11 is 4.91. The van der Waals surface area contributed by atoms with E-state index in [1.54, 1.807) is 18.2 Å². The van der Waals surface area contributed by atoms with Crippen LogP contribution in [0.1, 0.15) is 29.6 Å². The lowest BCUT2D eigenvalue weighted by molar-refractivity contribution is 0.0933. The number of carbonyl (C=O) groups is 1. The first-order valence-electron chi connectivity index (χ1n) is 6.51. The third-order valence-corrected chi connectivity index (χ3v) is 3.87. The van der Waals surface area contributed by atoms with Gasteiger partial charge in [-0.25, -0.2) is 0 Å². The van der Waals surface area contributed by atoms with Crippen molar-refractivity contribution in [2.45, 2.75) is 25.3 Å². The van der Waals surface area contributed by atoms with E-state index in [4.69, 9.17) is 21.9 Å². The van der Waals surface area contributed by atoms with Crippen LogP contribution in [-0.2, 0) is 0 Å². The van der Waals surface area contributed by atoms with Crippen molar-refractivity contribution in [1.29, 1.82) is 5.26 Å². The standard InChI is InChI=1S/C14H13N3O2S/c15-7-9-2-1-3-10(9)16-13(18)8-4-5-11-12(6-8)19-14(20)17-11/h4-6,9-10H,1-3H2,(H,16,18)(H,17,20)/t9-,10-/m1/s1. The van der Waals surface area contributed by atoms with Crippen molar-refractivity contribution in [2.75, 3.05) is 0 Å². The van der Waals surface area contributed by atoms with E-state index in [0.717, 1.165) is 24.8 Å². The molecule has 20 heavy (non-hydrogen) atoms. The Morgan fingerprint density at radius 3 is 3.15 bits per heavy atom. The van der Waals surface area contributed by atoms with Gasteiger partial charge in [-0.05, 0) is 49.7 Å². The van der Waals surface area contributed by atoms with Crippen LogP contribution in [0.15, 0.2) is 22.6 Å². The molecule has 102 valence electrons. The quantitative estimate of drug-likeness (QED) is 0.832. The summed E-state index contributed by atoms with van der Waals surface area (Å²) in [4.78, 5) is 15.4. The topological polar surface area (TPSA) is 81.8 Å². The highest BCUT2D eigenvalue weighted by atomic mass is 32.1. The number of hydrogen-bond donors (Lipinski definition) is 2. The van der Waals surface area contributed by atoms with Crippen molar-refractivity contribution in [3.63, 3.8) is 0 Å². The molecule has 2 N–H and O–H groups in total. The highest BCUT2D eigenvalue weighted by Gasteiger charge is 2.28. The molecule has 3 rings (SSSR count). The minimum atomic E-state index is -0.179. The predicted octanol–water partition coefficient (Wildman–Crippen LogP) is 2.91. The lowest BCUT2D eigenvalue weighted by atomic mass is 10.1. The van der Waals surface area contributed by atoms with E-state index in [0.29, 0.717) is 11.1 Å². The average Bonchev–Trinajstić information content (AvgIpc) is 3.02. The van der Waals surface area contributed by atoms with E-state index in [-0.39, 0.29) is 22.7 Å². The van der Waals surface area contributed by atoms with Gasteiger partial charge in [0.25, 0.3) is 10.7 Å². The van der Waals surface area contributed by atoms with E-state index in [1.807, 2.05) is 0 Å². The number of oxazole rings is 1. The molecule has 1 aliphatic rings. The van der Waals surface area contributed by atoms with Crippen LogP contribution in [0.2, 0.25) is 0 Å². The van der Waals surface area contributed by atoms with Crippen LogP contribution >= 0.6 is 12.2 Å². The first-order valence-corrected chi connectivity index (χ1v) is 6.91. The van der Waals surface area contributed by atoms with Gasteiger partial charge in [0.15, 0.2) is 5.58 Å². The van der Waals surface area contributed by atoms with Crippen molar-refractivity contribution in [3.05, 3.63) is 28.6 Å². The van der Waals surface area contributed by atoms with E-state index in [2.05, 4.69) is 16.4 Å². The normalized spacial score (nSPS) is 21.8. The Bertz CT molecular complexity index is 756. The van der Waals surface area contributed by atoms with Gasteiger partial charge in [0.1, 0.15) is 0 Å². The molecular weight excluding hydrogens is 274 g/mol. The zero-order valence-corrected chi connectivity index (χ0v) is 11.5. The van der Waals surface area contributed by atoms with E-state index in [9.17, 15) is 4.79 Å². The summed E-state index contributed by atoms with van der Waals surface area (Å²) in [5, 5.41) is 12.0. The maximum Gasteiger partial charge on any atom is 0.266 e. The number of amides is 1. The minimum absolute atomic E-state index is 0.0547. The maximum atomic E-state index is 12.2. The number of fused-ring (bicyclic) bond motifs is 1. The van der Waals surface area contributed by atoms with Crippen molar-refractivity contribution >= 4 is 29.2 Å². The van der Waals surface area contributed by atoms with Crippen molar-refractivity contribution in [2.24, 2.45) is 5.92 Å². The molecule has 1 aromatic heterocycles. The highest BCUT2D eigenvalue weighted by molar-refractivity contribution is 7.71. The summed E-state index contributed by atoms with van der Waals surface area (Å²) in [5.74, 6) is -0.264. The molecule has 0 aliphatic heterocycles. The number of H-pyrrole nitrogens is 1. The summed E-state index contributed by atoms with van der Waals surface area (Å²) in [6, 6.07) is 7.34. The molecule has 0 spiro atoms. The first kappa shape index (κ1) is 12.9. The molecule has 1 saturated carbocycles. The highest BCUT2D eigenvalue weighted by Crippen LogP contribution is 2.25. The lowest BCUT2D eigenvalue weighted by Crippen LogP contribution is -2.36. The molecule has 0 saturated heterocycles. The van der Waals surface area contributed by atoms with E-state index >= 15 is 0 Å². The number of rotatable bonds is 2. The number of aromatic nitrogens is 1. The second-order valence-electron chi connectivity index (χ2n) is 4.97. The van der Waals surface area contributed by atoms with Gasteiger partial charge in [0.05, 0.1) is 17.5 Å². The molecule has 2 aromatic rings. The van der Waals surface area contributed by atoms with Crippen LogP contribution in [0.4, 0.5) is 0 Å². The molecule has 1 aliphatic carbocycles. The second kappa shape index (κ2) is 5.10. The molecule has 1 heterocycles. The van der Waals surface area contributed by atoms with Gasteiger partial charge in [0, 0.05) is 11.6 Å². The summed E-state index contributed by atoms with van der Waals surface area (Å²) < 4.78 is 5.30. The number of nitriles is 1. The molecule has 0 bridgehead atoms. The number of carbonyl (C=O) groups excluding carboxylic acids is 1. The number of nitrogens with zero attached hydrogens (tertiary/aromatic N) is 1. The zero-order valence-electron chi connectivity index (χ0n) is 10.7. The molecule has 1 fully saturated rings. The van der Waals surface area contributed by atoms with Crippen LogP contribution in [0.3, 0.4) is 0 Å². The van der Waals surface area contributed by atoms with Gasteiger partial charge in [0.2, 0.25) is 0 Å². The summed E-state index contributed by atoms with van der Waals surface area (Å²) in [6.07, 6.45) is 2.69.